The van der Waals surface area contributed by atoms with E-state index in [1.807, 2.05) is 0 Å². The van der Waals surface area contributed by atoms with Gasteiger partial charge < -0.3 is 25.1 Å². The molecule has 1 aromatic rings. The zero-order valence-corrected chi connectivity index (χ0v) is 14.9. The molecule has 13 heteroatoms. The molecule has 0 saturated carbocycles. The Labute approximate surface area is 158 Å². The second kappa shape index (κ2) is 9.19. The third kappa shape index (κ3) is 6.25. The van der Waals surface area contributed by atoms with Crippen molar-refractivity contribution in [2.75, 3.05) is 37.7 Å². The van der Waals surface area contributed by atoms with Crippen molar-refractivity contribution in [2.24, 2.45) is 10.9 Å². The van der Waals surface area contributed by atoms with Gasteiger partial charge in [-0.1, -0.05) is 5.16 Å². The first-order chi connectivity index (χ1) is 13.2. The molecular weight excluding hydrogens is 385 g/mol. The van der Waals surface area contributed by atoms with Crippen LogP contribution in [0.2, 0.25) is 0 Å². The van der Waals surface area contributed by atoms with Crippen molar-refractivity contribution in [3.63, 3.8) is 0 Å². The Morgan fingerprint density at radius 2 is 1.89 bits per heavy atom. The highest BCUT2D eigenvalue weighted by Crippen LogP contribution is 2.28. The van der Waals surface area contributed by atoms with Gasteiger partial charge in [-0.2, -0.15) is 13.2 Å². The predicted molar refractivity (Wildman–Crippen MR) is 90.4 cm³/mol. The number of alkyl halides is 3. The molecule has 2 amide bonds. The average molecular weight is 404 g/mol. The summed E-state index contributed by atoms with van der Waals surface area (Å²) >= 11 is 0. The van der Waals surface area contributed by atoms with Gasteiger partial charge in [-0.05, 0) is 6.92 Å². The zero-order valence-electron chi connectivity index (χ0n) is 14.9. The number of hydrogen-bond acceptors (Lipinski definition) is 8. The number of hydrogen-bond donors (Lipinski definition) is 1. The van der Waals surface area contributed by atoms with Crippen molar-refractivity contribution in [1.29, 1.82) is 0 Å². The number of nitrogens with zero attached hydrogens (tertiary/aromatic N) is 5. The molecule has 1 fully saturated rings. The molecular formula is C15H19F3N6O4. The fourth-order valence-corrected chi connectivity index (χ4v) is 2.31. The van der Waals surface area contributed by atoms with E-state index >= 15 is 0 Å². The summed E-state index contributed by atoms with van der Waals surface area (Å²) in [5.41, 5.74) is 3.92. The Kier molecular flexibility index (Phi) is 6.95. The first-order valence-corrected chi connectivity index (χ1v) is 8.20. The Morgan fingerprint density at radius 3 is 2.43 bits per heavy atom. The van der Waals surface area contributed by atoms with Crippen LogP contribution in [-0.2, 0) is 20.5 Å². The maximum atomic E-state index is 12.5. The van der Waals surface area contributed by atoms with Gasteiger partial charge in [-0.3, -0.25) is 4.79 Å². The van der Waals surface area contributed by atoms with Gasteiger partial charge >= 0.3 is 12.3 Å². The molecule has 0 aromatic carbocycles. The van der Waals surface area contributed by atoms with Crippen LogP contribution in [0.25, 0.3) is 0 Å². The van der Waals surface area contributed by atoms with Crippen LogP contribution in [0.4, 0.5) is 23.9 Å². The number of ether oxygens (including phenoxy) is 1. The number of anilines is 1. The molecule has 1 unspecified atom stereocenters. The third-order valence-electron chi connectivity index (χ3n) is 3.72. The van der Waals surface area contributed by atoms with Crippen molar-refractivity contribution < 1.29 is 32.3 Å². The molecule has 1 aliphatic heterocycles. The van der Waals surface area contributed by atoms with E-state index in [4.69, 9.17) is 10.6 Å². The van der Waals surface area contributed by atoms with Gasteiger partial charge in [0, 0.05) is 38.6 Å². The molecule has 154 valence electrons. The second-order valence-electron chi connectivity index (χ2n) is 5.81. The standard InChI is InChI=1S/C15H19F3N6O4/c1-10(28-13(19)26)6-22-27-9-12(25)23-2-4-24(5-3-23)14-20-7-11(8-21-14)15(16,17)18/h6-8,10H,2-5,9H2,1H3,(H2,19,26). The highest BCUT2D eigenvalue weighted by molar-refractivity contribution is 5.78. The molecule has 28 heavy (non-hydrogen) atoms. The van der Waals surface area contributed by atoms with E-state index in [9.17, 15) is 22.8 Å². The number of aromatic nitrogens is 2. The van der Waals surface area contributed by atoms with E-state index in [1.165, 1.54) is 18.0 Å². The Balaban J connectivity index is 1.76. The number of rotatable bonds is 6. The molecule has 10 nitrogen and oxygen atoms in total. The number of amides is 2. The van der Waals surface area contributed by atoms with Crippen molar-refractivity contribution in [3.8, 4) is 0 Å². The van der Waals surface area contributed by atoms with Gasteiger partial charge in [-0.25, -0.2) is 14.8 Å². The third-order valence-corrected chi connectivity index (χ3v) is 3.72. The molecule has 1 saturated heterocycles. The first-order valence-electron chi connectivity index (χ1n) is 8.20. The number of primary amides is 1. The minimum absolute atomic E-state index is 0.171. The van der Waals surface area contributed by atoms with Gasteiger partial charge in [0.25, 0.3) is 5.91 Å². The zero-order chi connectivity index (χ0) is 20.7. The smallest absolute Gasteiger partial charge is 0.419 e. The molecule has 2 heterocycles. The summed E-state index contributed by atoms with van der Waals surface area (Å²) < 4.78 is 42.2. The van der Waals surface area contributed by atoms with E-state index in [0.717, 1.165) is 12.4 Å². The summed E-state index contributed by atoms with van der Waals surface area (Å²) in [5, 5.41) is 3.52. The van der Waals surface area contributed by atoms with Crippen LogP contribution < -0.4 is 10.6 Å². The minimum Gasteiger partial charge on any atom is -0.441 e. The first kappa shape index (κ1) is 21.2. The van der Waals surface area contributed by atoms with E-state index in [1.54, 1.807) is 4.90 Å². The second-order valence-corrected chi connectivity index (χ2v) is 5.81. The molecule has 0 bridgehead atoms. The van der Waals surface area contributed by atoms with E-state index < -0.39 is 23.9 Å². The van der Waals surface area contributed by atoms with Gasteiger partial charge in [-0.15, -0.1) is 0 Å². The Bertz CT molecular complexity index is 705. The maximum Gasteiger partial charge on any atom is 0.419 e. The molecule has 1 atom stereocenters. The van der Waals surface area contributed by atoms with Crippen LogP contribution in [0.5, 0.6) is 0 Å². The van der Waals surface area contributed by atoms with Crippen molar-refractivity contribution in [1.82, 2.24) is 14.9 Å². The highest BCUT2D eigenvalue weighted by Gasteiger charge is 2.32. The van der Waals surface area contributed by atoms with Crippen molar-refractivity contribution >= 4 is 24.2 Å². The topological polar surface area (TPSA) is 123 Å². The Hall–Kier alpha value is -3.12. The van der Waals surface area contributed by atoms with Crippen molar-refractivity contribution in [3.05, 3.63) is 18.0 Å². The van der Waals surface area contributed by atoms with Crippen LogP contribution >= 0.6 is 0 Å². The lowest BCUT2D eigenvalue weighted by atomic mass is 10.3. The van der Waals surface area contributed by atoms with Gasteiger partial charge in [0.15, 0.2) is 6.61 Å². The summed E-state index contributed by atoms with van der Waals surface area (Å²) in [4.78, 5) is 38.1. The summed E-state index contributed by atoms with van der Waals surface area (Å²) in [5.74, 6) is -0.141. The summed E-state index contributed by atoms with van der Waals surface area (Å²) in [6, 6.07) is 0. The normalized spacial score (nSPS) is 16.1. The molecule has 0 radical (unpaired) electrons. The van der Waals surface area contributed by atoms with Crippen molar-refractivity contribution in [2.45, 2.75) is 19.2 Å². The minimum atomic E-state index is -4.49. The number of oxime groups is 1. The van der Waals surface area contributed by atoms with Crippen LogP contribution in [-0.4, -0.2) is 72.0 Å². The number of carbonyl (C=O) groups is 2. The molecule has 1 aliphatic rings. The summed E-state index contributed by atoms with van der Waals surface area (Å²) in [7, 11) is 0. The SMILES string of the molecule is CC(C=NOCC(=O)N1CCN(c2ncc(C(F)(F)F)cn2)CC1)OC(N)=O. The molecule has 2 rings (SSSR count). The predicted octanol–water partition coefficient (Wildman–Crippen LogP) is 0.630. The lowest BCUT2D eigenvalue weighted by Crippen LogP contribution is -2.50. The summed E-state index contributed by atoms with van der Waals surface area (Å²) in [6.45, 7) is 2.60. The average Bonchev–Trinajstić information content (AvgIpc) is 2.64. The van der Waals surface area contributed by atoms with Gasteiger partial charge in [0.2, 0.25) is 5.95 Å². The van der Waals surface area contributed by atoms with E-state index in [0.29, 0.717) is 26.2 Å². The highest BCUT2D eigenvalue weighted by atomic mass is 19.4. The van der Waals surface area contributed by atoms with Crippen LogP contribution in [0.3, 0.4) is 0 Å². The fraction of sp³-hybridized carbons (Fsp3) is 0.533. The number of piperazine rings is 1. The van der Waals surface area contributed by atoms with Crippen LogP contribution in [0, 0.1) is 0 Å². The lowest BCUT2D eigenvalue weighted by molar-refractivity contribution is -0.138. The number of nitrogens with two attached hydrogens (primary N) is 1. The molecule has 0 aliphatic carbocycles. The number of halogens is 3. The molecule has 1 aromatic heterocycles. The quantitative estimate of drug-likeness (QED) is 0.545. The van der Waals surface area contributed by atoms with E-state index in [-0.39, 0.29) is 18.5 Å². The van der Waals surface area contributed by atoms with Crippen LogP contribution in [0.1, 0.15) is 12.5 Å². The molecule has 0 spiro atoms. The van der Waals surface area contributed by atoms with E-state index in [2.05, 4.69) is 19.9 Å². The Morgan fingerprint density at radius 1 is 1.29 bits per heavy atom. The summed E-state index contributed by atoms with van der Waals surface area (Å²) in [6.07, 6.45) is -3.50. The largest absolute Gasteiger partial charge is 0.441 e. The molecule has 2 N–H and O–H groups in total. The fourth-order valence-electron chi connectivity index (χ4n) is 2.31. The van der Waals surface area contributed by atoms with Crippen LogP contribution in [0.15, 0.2) is 17.5 Å². The maximum absolute atomic E-state index is 12.5. The lowest BCUT2D eigenvalue weighted by Gasteiger charge is -2.34. The van der Waals surface area contributed by atoms with Gasteiger partial charge in [0.1, 0.15) is 6.10 Å². The van der Waals surface area contributed by atoms with Gasteiger partial charge in [0.05, 0.1) is 11.8 Å². The monoisotopic (exact) mass is 404 g/mol. The number of carbonyl (C=O) groups excluding carboxylic acids is 2.